The number of rotatable bonds is 4. The molecule has 2 aliphatic carbocycles. The maximum Gasteiger partial charge on any atom is 0.264 e. The van der Waals surface area contributed by atoms with Gasteiger partial charge in [0.1, 0.15) is 0 Å². The third-order valence-corrected chi connectivity index (χ3v) is 9.10. The molecule has 1 aromatic carbocycles. The Morgan fingerprint density at radius 3 is 2.61 bits per heavy atom. The van der Waals surface area contributed by atoms with Crippen LogP contribution < -0.4 is 4.72 Å². The van der Waals surface area contributed by atoms with Crippen LogP contribution in [-0.2, 0) is 22.9 Å². The van der Waals surface area contributed by atoms with E-state index in [9.17, 15) is 13.2 Å². The summed E-state index contributed by atoms with van der Waals surface area (Å²) in [5.74, 6) is 0.332. The lowest BCUT2D eigenvalue weighted by atomic mass is 9.99. The summed E-state index contributed by atoms with van der Waals surface area (Å²) in [6, 6.07) is 10.7. The first-order valence-electron chi connectivity index (χ1n) is 10.0. The lowest BCUT2D eigenvalue weighted by molar-refractivity contribution is 0.0696. The monoisotopic (exact) mass is 416 g/mol. The van der Waals surface area contributed by atoms with Crippen molar-refractivity contribution in [3.8, 4) is 0 Å². The first-order chi connectivity index (χ1) is 13.5. The van der Waals surface area contributed by atoms with Crippen LogP contribution in [0.4, 0.5) is 0 Å². The van der Waals surface area contributed by atoms with Crippen LogP contribution >= 0.6 is 11.3 Å². The number of carbonyl (C=O) groups is 1. The molecule has 28 heavy (non-hydrogen) atoms. The molecule has 2 heterocycles. The molecule has 1 aliphatic heterocycles. The molecule has 5 nitrogen and oxygen atoms in total. The van der Waals surface area contributed by atoms with Crippen molar-refractivity contribution in [2.45, 2.75) is 55.5 Å². The highest BCUT2D eigenvalue weighted by Crippen LogP contribution is 2.40. The summed E-state index contributed by atoms with van der Waals surface area (Å²) in [5.41, 5.74) is 1.36. The molecule has 1 aromatic heterocycles. The first kappa shape index (κ1) is 18.3. The standard InChI is InChI=1S/C21H24N2O3S2/c24-21(20-11-14-6-4-5-9-19(14)27-20)23-13-15-10-16(23)12-18(15)22-28(25,26)17-7-2-1-3-8-17/h1-3,7-8,11,15-16,18,22H,4-6,9-10,12-13H2. The van der Waals surface area contributed by atoms with E-state index in [1.807, 2.05) is 11.0 Å². The van der Waals surface area contributed by atoms with Crippen molar-refractivity contribution in [3.05, 3.63) is 51.7 Å². The SMILES string of the molecule is O=C(c1cc2c(s1)CCCC2)N1CC2CC1CC2NS(=O)(=O)c1ccccc1. The predicted molar refractivity (Wildman–Crippen MR) is 109 cm³/mol. The van der Waals surface area contributed by atoms with Gasteiger partial charge in [-0.2, -0.15) is 0 Å². The average molecular weight is 417 g/mol. The van der Waals surface area contributed by atoms with Crippen molar-refractivity contribution in [1.82, 2.24) is 9.62 Å². The van der Waals surface area contributed by atoms with Gasteiger partial charge in [-0.25, -0.2) is 13.1 Å². The highest BCUT2D eigenvalue weighted by atomic mass is 32.2. The van der Waals surface area contributed by atoms with Crippen molar-refractivity contribution in [3.63, 3.8) is 0 Å². The zero-order chi connectivity index (χ0) is 19.3. The van der Waals surface area contributed by atoms with Gasteiger partial charge in [-0.15, -0.1) is 11.3 Å². The third kappa shape index (κ3) is 3.19. The zero-order valence-electron chi connectivity index (χ0n) is 15.6. The van der Waals surface area contributed by atoms with Crippen LogP contribution in [-0.4, -0.2) is 37.9 Å². The molecular formula is C21H24N2O3S2. The van der Waals surface area contributed by atoms with Gasteiger partial charge >= 0.3 is 0 Å². The zero-order valence-corrected chi connectivity index (χ0v) is 17.3. The molecule has 2 aromatic rings. The van der Waals surface area contributed by atoms with Crippen LogP contribution in [0.25, 0.3) is 0 Å². The molecule has 1 saturated heterocycles. The molecule has 1 N–H and O–H groups in total. The Kier molecular flexibility index (Phi) is 4.56. The predicted octanol–water partition coefficient (Wildman–Crippen LogP) is 3.21. The van der Waals surface area contributed by atoms with E-state index in [2.05, 4.69) is 10.8 Å². The highest BCUT2D eigenvalue weighted by Gasteiger charge is 2.48. The minimum absolute atomic E-state index is 0.0872. The van der Waals surface area contributed by atoms with Gasteiger partial charge in [0.2, 0.25) is 10.0 Å². The van der Waals surface area contributed by atoms with Gasteiger partial charge in [0.25, 0.3) is 5.91 Å². The van der Waals surface area contributed by atoms with Gasteiger partial charge in [0.15, 0.2) is 0 Å². The lowest BCUT2D eigenvalue weighted by Gasteiger charge is -2.31. The van der Waals surface area contributed by atoms with E-state index in [-0.39, 0.29) is 23.9 Å². The second-order valence-electron chi connectivity index (χ2n) is 8.15. The van der Waals surface area contributed by atoms with Gasteiger partial charge in [-0.3, -0.25) is 4.79 Å². The molecule has 0 spiro atoms. The van der Waals surface area contributed by atoms with Crippen molar-refractivity contribution in [1.29, 1.82) is 0 Å². The quantitative estimate of drug-likeness (QED) is 0.832. The van der Waals surface area contributed by atoms with E-state index in [0.717, 1.165) is 24.1 Å². The van der Waals surface area contributed by atoms with Gasteiger partial charge < -0.3 is 4.90 Å². The van der Waals surface area contributed by atoms with E-state index in [0.29, 0.717) is 17.9 Å². The Bertz CT molecular complexity index is 976. The van der Waals surface area contributed by atoms with Gasteiger partial charge in [-0.1, -0.05) is 18.2 Å². The number of benzene rings is 1. The Morgan fingerprint density at radius 2 is 1.89 bits per heavy atom. The second kappa shape index (κ2) is 6.97. The van der Waals surface area contributed by atoms with Crippen LogP contribution in [0.3, 0.4) is 0 Å². The number of hydrogen-bond acceptors (Lipinski definition) is 4. The summed E-state index contributed by atoms with van der Waals surface area (Å²) in [5, 5.41) is 0. The summed E-state index contributed by atoms with van der Waals surface area (Å²) in [7, 11) is -3.51. The Hall–Kier alpha value is -1.70. The number of amides is 1. The Labute approximate surface area is 169 Å². The number of nitrogens with zero attached hydrogens (tertiary/aromatic N) is 1. The first-order valence-corrected chi connectivity index (χ1v) is 12.3. The van der Waals surface area contributed by atoms with E-state index < -0.39 is 10.0 Å². The van der Waals surface area contributed by atoms with Crippen molar-refractivity contribution < 1.29 is 13.2 Å². The van der Waals surface area contributed by atoms with E-state index in [1.165, 1.54) is 23.3 Å². The van der Waals surface area contributed by atoms with Gasteiger partial charge in [0, 0.05) is 23.5 Å². The van der Waals surface area contributed by atoms with Crippen molar-refractivity contribution >= 4 is 27.3 Å². The van der Waals surface area contributed by atoms with Crippen LogP contribution in [0, 0.1) is 5.92 Å². The summed E-state index contributed by atoms with van der Waals surface area (Å²) in [6.45, 7) is 0.647. The summed E-state index contributed by atoms with van der Waals surface area (Å²) < 4.78 is 28.1. The third-order valence-electron chi connectivity index (χ3n) is 6.37. The number of hydrogen-bond donors (Lipinski definition) is 1. The van der Waals surface area contributed by atoms with E-state index in [1.54, 1.807) is 35.6 Å². The fourth-order valence-electron chi connectivity index (χ4n) is 4.95. The fourth-order valence-corrected chi connectivity index (χ4v) is 7.50. The number of nitrogens with one attached hydrogen (secondary N) is 1. The molecule has 7 heteroatoms. The van der Waals surface area contributed by atoms with Gasteiger partial charge in [0.05, 0.1) is 9.77 Å². The molecule has 1 saturated carbocycles. The number of carbonyl (C=O) groups excluding carboxylic acids is 1. The fraction of sp³-hybridized carbons (Fsp3) is 0.476. The summed E-state index contributed by atoms with van der Waals surface area (Å²) in [4.78, 5) is 17.6. The molecule has 3 unspecified atom stereocenters. The lowest BCUT2D eigenvalue weighted by Crippen LogP contribution is -2.47. The molecule has 148 valence electrons. The number of aryl methyl sites for hydroxylation is 2. The minimum Gasteiger partial charge on any atom is -0.335 e. The van der Waals surface area contributed by atoms with Crippen LogP contribution in [0.5, 0.6) is 0 Å². The maximum atomic E-state index is 13.1. The Morgan fingerprint density at radius 1 is 1.11 bits per heavy atom. The van der Waals surface area contributed by atoms with Crippen LogP contribution in [0.15, 0.2) is 41.3 Å². The molecular weight excluding hydrogens is 392 g/mol. The largest absolute Gasteiger partial charge is 0.335 e. The van der Waals surface area contributed by atoms with Crippen LogP contribution in [0.2, 0.25) is 0 Å². The maximum absolute atomic E-state index is 13.1. The molecule has 0 radical (unpaired) electrons. The summed E-state index contributed by atoms with van der Waals surface area (Å²) >= 11 is 1.66. The van der Waals surface area contributed by atoms with E-state index in [4.69, 9.17) is 0 Å². The smallest absolute Gasteiger partial charge is 0.264 e. The van der Waals surface area contributed by atoms with Crippen molar-refractivity contribution in [2.24, 2.45) is 5.92 Å². The summed E-state index contributed by atoms with van der Waals surface area (Å²) in [6.07, 6.45) is 6.22. The number of thiophene rings is 1. The molecule has 3 aliphatic rings. The minimum atomic E-state index is -3.51. The molecule has 3 atom stereocenters. The van der Waals surface area contributed by atoms with Gasteiger partial charge in [-0.05, 0) is 68.2 Å². The molecule has 2 fully saturated rings. The highest BCUT2D eigenvalue weighted by molar-refractivity contribution is 7.89. The van der Waals surface area contributed by atoms with E-state index >= 15 is 0 Å². The topological polar surface area (TPSA) is 66.5 Å². The van der Waals surface area contributed by atoms with Crippen LogP contribution in [0.1, 0.15) is 45.8 Å². The number of fused-ring (bicyclic) bond motifs is 3. The number of likely N-dealkylation sites (tertiary alicyclic amines) is 1. The average Bonchev–Trinajstić information content (AvgIpc) is 3.41. The Balaban J connectivity index is 1.27. The second-order valence-corrected chi connectivity index (χ2v) is 11.0. The number of piperidine rings is 1. The molecule has 5 rings (SSSR count). The number of sulfonamides is 1. The molecule has 2 bridgehead atoms. The normalized spacial score (nSPS) is 26.4. The molecule has 1 amide bonds. The van der Waals surface area contributed by atoms with Crippen molar-refractivity contribution in [2.75, 3.05) is 6.54 Å².